The third-order valence-electron chi connectivity index (χ3n) is 5.91. The van der Waals surface area contributed by atoms with E-state index in [1.807, 2.05) is 11.3 Å². The molecule has 3 heterocycles. The summed E-state index contributed by atoms with van der Waals surface area (Å²) in [5, 5.41) is 14.4. The normalized spacial score (nSPS) is 19.8. The number of aromatic nitrogens is 2. The molecule has 1 aliphatic heterocycles. The molecule has 0 radical (unpaired) electrons. The maximum absolute atomic E-state index is 9.65. The minimum absolute atomic E-state index is 0.0498. The van der Waals surface area contributed by atoms with Crippen molar-refractivity contribution in [2.24, 2.45) is 5.92 Å². The van der Waals surface area contributed by atoms with Gasteiger partial charge in [-0.1, -0.05) is 13.8 Å². The monoisotopic (exact) mass is 374 g/mol. The Hall–Kier alpha value is -1.24. The molecule has 0 spiro atoms. The molecule has 0 bridgehead atoms. The number of aliphatic hydroxyl groups excluding tert-OH is 1. The molecule has 6 heteroatoms. The number of nitrogens with one attached hydrogen (secondary N) is 1. The van der Waals surface area contributed by atoms with Crippen molar-refractivity contribution >= 4 is 27.4 Å². The van der Waals surface area contributed by atoms with Crippen LogP contribution in [-0.2, 0) is 19.4 Å². The molecule has 1 fully saturated rings. The van der Waals surface area contributed by atoms with Crippen molar-refractivity contribution in [1.82, 2.24) is 14.9 Å². The molecule has 0 aromatic carbocycles. The zero-order valence-corrected chi connectivity index (χ0v) is 16.7. The van der Waals surface area contributed by atoms with Crippen LogP contribution < -0.4 is 5.32 Å². The van der Waals surface area contributed by atoms with E-state index >= 15 is 0 Å². The van der Waals surface area contributed by atoms with Gasteiger partial charge in [0.05, 0.1) is 24.6 Å². The van der Waals surface area contributed by atoms with Gasteiger partial charge in [-0.3, -0.25) is 4.90 Å². The van der Waals surface area contributed by atoms with E-state index in [1.165, 1.54) is 41.5 Å². The topological polar surface area (TPSA) is 61.3 Å². The van der Waals surface area contributed by atoms with Crippen molar-refractivity contribution in [3.05, 3.63) is 16.3 Å². The van der Waals surface area contributed by atoms with Gasteiger partial charge in [-0.2, -0.15) is 0 Å². The summed E-state index contributed by atoms with van der Waals surface area (Å²) < 4.78 is 0. The van der Waals surface area contributed by atoms with Crippen LogP contribution in [0.2, 0.25) is 0 Å². The summed E-state index contributed by atoms with van der Waals surface area (Å²) in [4.78, 5) is 15.0. The van der Waals surface area contributed by atoms with Crippen LogP contribution in [-0.4, -0.2) is 45.7 Å². The number of piperidine rings is 1. The number of aliphatic hydroxyl groups is 1. The number of hydrogen-bond acceptors (Lipinski definition) is 6. The number of thiophene rings is 1. The van der Waals surface area contributed by atoms with Crippen LogP contribution in [0.5, 0.6) is 0 Å². The SMILES string of the molecule is CC[C@@H](CO)Nc1nc(CN2CCC(C)CC2)nc2sc3c(c12)CCC3. The predicted octanol–water partition coefficient (Wildman–Crippen LogP) is 3.59. The molecule has 0 saturated carbocycles. The molecular weight excluding hydrogens is 344 g/mol. The van der Waals surface area contributed by atoms with Crippen molar-refractivity contribution in [1.29, 1.82) is 0 Å². The van der Waals surface area contributed by atoms with Crippen LogP contribution in [0.4, 0.5) is 5.82 Å². The maximum atomic E-state index is 9.65. The first-order valence-electron chi connectivity index (χ1n) is 10.1. The highest BCUT2D eigenvalue weighted by Crippen LogP contribution is 2.39. The summed E-state index contributed by atoms with van der Waals surface area (Å²) in [6.45, 7) is 7.68. The second-order valence-corrected chi connectivity index (χ2v) is 9.00. The maximum Gasteiger partial charge on any atom is 0.146 e. The van der Waals surface area contributed by atoms with Gasteiger partial charge in [-0.05, 0) is 63.1 Å². The third-order valence-corrected chi connectivity index (χ3v) is 7.09. The molecule has 0 unspecified atom stereocenters. The van der Waals surface area contributed by atoms with E-state index in [0.717, 1.165) is 54.9 Å². The molecule has 2 aliphatic rings. The predicted molar refractivity (Wildman–Crippen MR) is 108 cm³/mol. The van der Waals surface area contributed by atoms with E-state index in [9.17, 15) is 5.11 Å². The van der Waals surface area contributed by atoms with Crippen molar-refractivity contribution in [3.8, 4) is 0 Å². The van der Waals surface area contributed by atoms with Gasteiger partial charge in [0.25, 0.3) is 0 Å². The number of likely N-dealkylation sites (tertiary alicyclic amines) is 1. The quantitative estimate of drug-likeness (QED) is 0.809. The van der Waals surface area contributed by atoms with Crippen molar-refractivity contribution in [2.45, 2.75) is 65.0 Å². The smallest absolute Gasteiger partial charge is 0.146 e. The Morgan fingerprint density at radius 1 is 1.27 bits per heavy atom. The van der Waals surface area contributed by atoms with Crippen LogP contribution in [0.25, 0.3) is 10.2 Å². The molecular formula is C20H30N4OS. The number of rotatable bonds is 6. The standard InChI is InChI=1S/C20H30N4OS/c1-3-14(12-25)21-19-18-15-5-4-6-16(15)26-20(18)23-17(22-19)11-24-9-7-13(2)8-10-24/h13-14,25H,3-12H2,1-2H3,(H,21,22,23)/t14-/m0/s1. The molecule has 1 saturated heterocycles. The average Bonchev–Trinajstić information content (AvgIpc) is 3.22. The van der Waals surface area contributed by atoms with Crippen LogP contribution in [0.1, 0.15) is 55.8 Å². The molecule has 1 aliphatic carbocycles. The average molecular weight is 375 g/mol. The van der Waals surface area contributed by atoms with Gasteiger partial charge in [0, 0.05) is 4.88 Å². The highest BCUT2D eigenvalue weighted by atomic mass is 32.1. The fourth-order valence-electron chi connectivity index (χ4n) is 4.11. The first-order valence-corrected chi connectivity index (χ1v) is 10.9. The Labute approximate surface area is 159 Å². The number of anilines is 1. The highest BCUT2D eigenvalue weighted by Gasteiger charge is 2.24. The molecule has 5 nitrogen and oxygen atoms in total. The Balaban J connectivity index is 1.66. The first kappa shape index (κ1) is 18.1. The Morgan fingerprint density at radius 3 is 2.81 bits per heavy atom. The van der Waals surface area contributed by atoms with Gasteiger partial charge < -0.3 is 10.4 Å². The van der Waals surface area contributed by atoms with E-state index in [-0.39, 0.29) is 12.6 Å². The molecule has 4 rings (SSSR count). The summed E-state index contributed by atoms with van der Waals surface area (Å²) in [6.07, 6.45) is 6.96. The summed E-state index contributed by atoms with van der Waals surface area (Å²) in [5.74, 6) is 2.69. The lowest BCUT2D eigenvalue weighted by Gasteiger charge is -2.29. The van der Waals surface area contributed by atoms with Gasteiger partial charge in [-0.25, -0.2) is 9.97 Å². The zero-order valence-electron chi connectivity index (χ0n) is 15.9. The summed E-state index contributed by atoms with van der Waals surface area (Å²) in [5.41, 5.74) is 1.44. The Kier molecular flexibility index (Phi) is 5.43. The first-order chi connectivity index (χ1) is 12.7. The van der Waals surface area contributed by atoms with Crippen LogP contribution in [0.15, 0.2) is 0 Å². The van der Waals surface area contributed by atoms with Gasteiger partial charge in [0.15, 0.2) is 0 Å². The van der Waals surface area contributed by atoms with Crippen molar-refractivity contribution in [2.75, 3.05) is 25.0 Å². The number of nitrogens with zero attached hydrogens (tertiary/aromatic N) is 3. The Bertz CT molecular complexity index is 763. The highest BCUT2D eigenvalue weighted by molar-refractivity contribution is 7.19. The Morgan fingerprint density at radius 2 is 2.08 bits per heavy atom. The second-order valence-electron chi connectivity index (χ2n) is 7.92. The van der Waals surface area contributed by atoms with Gasteiger partial charge in [-0.15, -0.1) is 11.3 Å². The van der Waals surface area contributed by atoms with Crippen LogP contribution in [0.3, 0.4) is 0 Å². The number of fused-ring (bicyclic) bond motifs is 3. The van der Waals surface area contributed by atoms with E-state index in [2.05, 4.69) is 24.1 Å². The van der Waals surface area contributed by atoms with Crippen LogP contribution in [0, 0.1) is 5.92 Å². The molecule has 2 aromatic rings. The fraction of sp³-hybridized carbons (Fsp3) is 0.700. The summed E-state index contributed by atoms with van der Waals surface area (Å²) >= 11 is 1.85. The lowest BCUT2D eigenvalue weighted by molar-refractivity contribution is 0.181. The minimum Gasteiger partial charge on any atom is -0.394 e. The van der Waals surface area contributed by atoms with E-state index in [4.69, 9.17) is 9.97 Å². The lowest BCUT2D eigenvalue weighted by atomic mass is 9.99. The molecule has 2 aromatic heterocycles. The number of aryl methyl sites for hydroxylation is 2. The van der Waals surface area contributed by atoms with Crippen LogP contribution >= 0.6 is 11.3 Å². The second kappa shape index (κ2) is 7.79. The molecule has 26 heavy (non-hydrogen) atoms. The zero-order chi connectivity index (χ0) is 18.1. The lowest BCUT2D eigenvalue weighted by Crippen LogP contribution is -2.33. The molecule has 0 amide bonds. The van der Waals surface area contributed by atoms with Gasteiger partial charge in [0.2, 0.25) is 0 Å². The van der Waals surface area contributed by atoms with E-state index < -0.39 is 0 Å². The van der Waals surface area contributed by atoms with E-state index in [1.54, 1.807) is 0 Å². The minimum atomic E-state index is 0.0498. The summed E-state index contributed by atoms with van der Waals surface area (Å²) in [7, 11) is 0. The largest absolute Gasteiger partial charge is 0.394 e. The molecule has 1 atom stereocenters. The van der Waals surface area contributed by atoms with Gasteiger partial charge >= 0.3 is 0 Å². The molecule has 2 N–H and O–H groups in total. The fourth-order valence-corrected chi connectivity index (χ4v) is 5.39. The van der Waals surface area contributed by atoms with Gasteiger partial charge in [0.1, 0.15) is 16.5 Å². The third kappa shape index (κ3) is 3.59. The van der Waals surface area contributed by atoms with Crippen molar-refractivity contribution in [3.63, 3.8) is 0 Å². The molecule has 142 valence electrons. The number of hydrogen-bond donors (Lipinski definition) is 2. The van der Waals surface area contributed by atoms with E-state index in [0.29, 0.717) is 0 Å². The van der Waals surface area contributed by atoms with Crippen molar-refractivity contribution < 1.29 is 5.11 Å². The summed E-state index contributed by atoms with van der Waals surface area (Å²) in [6, 6.07) is 0.0498.